The lowest BCUT2D eigenvalue weighted by Crippen LogP contribution is -2.48. The van der Waals surface area contributed by atoms with Crippen molar-refractivity contribution >= 4 is 32.4 Å². The first-order valence-electron chi connectivity index (χ1n) is 11.4. The van der Waals surface area contributed by atoms with Crippen molar-refractivity contribution in [3.63, 3.8) is 0 Å². The van der Waals surface area contributed by atoms with Gasteiger partial charge in [-0.25, -0.2) is 13.4 Å². The molecule has 0 saturated carbocycles. The Kier molecular flexibility index (Phi) is 7.49. The number of hydrogen-bond acceptors (Lipinski definition) is 7. The van der Waals surface area contributed by atoms with Crippen molar-refractivity contribution in [2.75, 3.05) is 31.5 Å². The zero-order chi connectivity index (χ0) is 23.6. The molecule has 0 spiro atoms. The maximum atomic E-state index is 13.0. The largest absolute Gasteiger partial charge is 0.373 e. The molecule has 1 aromatic carbocycles. The molecular weight excluding hydrogens is 460 g/mol. The topological polar surface area (TPSA) is 91.8 Å². The Hall–Kier alpha value is -1.85. The number of thiazole rings is 1. The van der Waals surface area contributed by atoms with Crippen LogP contribution in [0.1, 0.15) is 49.7 Å². The first-order chi connectivity index (χ1) is 15.7. The Labute approximate surface area is 200 Å². The lowest BCUT2D eigenvalue weighted by molar-refractivity contribution is -0.0440. The van der Waals surface area contributed by atoms with Crippen LogP contribution in [-0.4, -0.2) is 66.9 Å². The molecule has 0 aliphatic carbocycles. The number of anilines is 1. The summed E-state index contributed by atoms with van der Waals surface area (Å²) in [5.41, 5.74) is 1.35. The van der Waals surface area contributed by atoms with Crippen LogP contribution in [0, 0.1) is 5.92 Å². The third-order valence-corrected chi connectivity index (χ3v) is 8.83. The quantitative estimate of drug-likeness (QED) is 0.664. The zero-order valence-corrected chi connectivity index (χ0v) is 21.0. The van der Waals surface area contributed by atoms with Crippen LogP contribution in [0.3, 0.4) is 0 Å². The Bertz CT molecular complexity index is 1050. The van der Waals surface area contributed by atoms with Crippen LogP contribution in [0.2, 0.25) is 0 Å². The SMILES string of the molecule is CC1CCN(Cc2csc(NC(=O)c3ccc(S(=O)(=O)N4CC(C)OC(C)C4)cc3)n2)CC1. The third-order valence-electron chi connectivity index (χ3n) is 6.17. The van der Waals surface area contributed by atoms with Crippen LogP contribution >= 0.6 is 11.3 Å². The molecule has 33 heavy (non-hydrogen) atoms. The minimum Gasteiger partial charge on any atom is -0.373 e. The van der Waals surface area contributed by atoms with Gasteiger partial charge in [-0.15, -0.1) is 11.3 Å². The molecule has 1 N–H and O–H groups in total. The average Bonchev–Trinajstić information content (AvgIpc) is 3.21. The number of amides is 1. The number of carbonyl (C=O) groups excluding carboxylic acids is 1. The first-order valence-corrected chi connectivity index (χ1v) is 13.8. The summed E-state index contributed by atoms with van der Waals surface area (Å²) in [4.78, 5) is 19.8. The molecule has 1 amide bonds. The molecule has 0 bridgehead atoms. The van der Waals surface area contributed by atoms with Crippen molar-refractivity contribution in [3.05, 3.63) is 40.9 Å². The van der Waals surface area contributed by atoms with Gasteiger partial charge in [0, 0.05) is 30.6 Å². The van der Waals surface area contributed by atoms with E-state index in [2.05, 4.69) is 22.1 Å². The highest BCUT2D eigenvalue weighted by molar-refractivity contribution is 7.89. The number of likely N-dealkylation sites (tertiary alicyclic amines) is 1. The molecule has 10 heteroatoms. The van der Waals surface area contributed by atoms with Crippen LogP contribution in [0.5, 0.6) is 0 Å². The molecule has 1 aromatic heterocycles. The normalized spacial score (nSPS) is 23.5. The summed E-state index contributed by atoms with van der Waals surface area (Å²) in [6.07, 6.45) is 2.11. The highest BCUT2D eigenvalue weighted by Crippen LogP contribution is 2.23. The van der Waals surface area contributed by atoms with Crippen molar-refractivity contribution in [1.29, 1.82) is 0 Å². The molecule has 180 valence electrons. The van der Waals surface area contributed by atoms with Gasteiger partial charge in [0.05, 0.1) is 22.8 Å². The second-order valence-electron chi connectivity index (χ2n) is 9.16. The van der Waals surface area contributed by atoms with E-state index in [9.17, 15) is 13.2 Å². The summed E-state index contributed by atoms with van der Waals surface area (Å²) in [6.45, 7) is 9.61. The van der Waals surface area contributed by atoms with E-state index in [4.69, 9.17) is 4.74 Å². The number of nitrogens with one attached hydrogen (secondary N) is 1. The molecule has 2 aliphatic rings. The Morgan fingerprint density at radius 1 is 1.12 bits per heavy atom. The number of benzene rings is 1. The summed E-state index contributed by atoms with van der Waals surface area (Å²) in [5.74, 6) is 0.481. The molecule has 2 unspecified atom stereocenters. The van der Waals surface area contributed by atoms with Gasteiger partial charge in [-0.05, 0) is 70.0 Å². The smallest absolute Gasteiger partial charge is 0.257 e. The molecule has 3 heterocycles. The van der Waals surface area contributed by atoms with Gasteiger partial charge in [0.2, 0.25) is 10.0 Å². The Morgan fingerprint density at radius 3 is 2.39 bits per heavy atom. The Balaban J connectivity index is 1.36. The third kappa shape index (κ3) is 5.99. The number of hydrogen-bond donors (Lipinski definition) is 1. The van der Waals surface area contributed by atoms with Gasteiger partial charge in [-0.1, -0.05) is 6.92 Å². The molecule has 2 fully saturated rings. The van der Waals surface area contributed by atoms with Crippen molar-refractivity contribution < 1.29 is 17.9 Å². The second-order valence-corrected chi connectivity index (χ2v) is 12.0. The van der Waals surface area contributed by atoms with Crippen LogP contribution < -0.4 is 5.32 Å². The van der Waals surface area contributed by atoms with Gasteiger partial charge in [-0.2, -0.15) is 4.31 Å². The van der Waals surface area contributed by atoms with E-state index >= 15 is 0 Å². The predicted octanol–water partition coefficient (Wildman–Crippen LogP) is 3.43. The van der Waals surface area contributed by atoms with Crippen LogP contribution in [0.25, 0.3) is 0 Å². The van der Waals surface area contributed by atoms with Crippen LogP contribution in [0.15, 0.2) is 34.5 Å². The summed E-state index contributed by atoms with van der Waals surface area (Å²) >= 11 is 1.40. The fourth-order valence-corrected chi connectivity index (χ4v) is 6.60. The molecule has 0 radical (unpaired) electrons. The average molecular weight is 493 g/mol. The highest BCUT2D eigenvalue weighted by atomic mass is 32.2. The number of rotatable bonds is 6. The van der Waals surface area contributed by atoms with Gasteiger partial charge in [-0.3, -0.25) is 15.0 Å². The van der Waals surface area contributed by atoms with E-state index in [1.807, 2.05) is 19.2 Å². The van der Waals surface area contributed by atoms with Crippen LogP contribution in [-0.2, 0) is 21.3 Å². The van der Waals surface area contributed by atoms with E-state index in [-0.39, 0.29) is 23.0 Å². The van der Waals surface area contributed by atoms with Gasteiger partial charge in [0.1, 0.15) is 0 Å². The highest BCUT2D eigenvalue weighted by Gasteiger charge is 2.32. The van der Waals surface area contributed by atoms with E-state index in [0.29, 0.717) is 23.8 Å². The predicted molar refractivity (Wildman–Crippen MR) is 129 cm³/mol. The van der Waals surface area contributed by atoms with Crippen molar-refractivity contribution in [2.24, 2.45) is 5.92 Å². The number of piperidine rings is 1. The van der Waals surface area contributed by atoms with Gasteiger partial charge in [0.15, 0.2) is 5.13 Å². The molecule has 2 saturated heterocycles. The lowest BCUT2D eigenvalue weighted by atomic mass is 9.99. The molecule has 2 aromatic rings. The second kappa shape index (κ2) is 10.2. The number of aromatic nitrogens is 1. The summed E-state index contributed by atoms with van der Waals surface area (Å²) in [5, 5.41) is 5.36. The standard InChI is InChI=1S/C23H32N4O4S2/c1-16-8-10-26(11-9-16)14-20-15-32-23(24-20)25-22(28)19-4-6-21(7-5-19)33(29,30)27-12-17(2)31-18(3)13-27/h4-7,15-18H,8-14H2,1-3H3,(H,24,25,28). The summed E-state index contributed by atoms with van der Waals surface area (Å²) in [6, 6.07) is 6.05. The van der Waals surface area contributed by atoms with Crippen molar-refractivity contribution in [3.8, 4) is 0 Å². The lowest BCUT2D eigenvalue weighted by Gasteiger charge is -2.34. The van der Waals surface area contributed by atoms with Gasteiger partial charge >= 0.3 is 0 Å². The molecular formula is C23H32N4O4S2. The molecule has 2 aliphatic heterocycles. The zero-order valence-electron chi connectivity index (χ0n) is 19.4. The van der Waals surface area contributed by atoms with Crippen molar-refractivity contribution in [2.45, 2.75) is 57.3 Å². The molecule has 8 nitrogen and oxygen atoms in total. The molecule has 2 atom stereocenters. The number of nitrogens with zero attached hydrogens (tertiary/aromatic N) is 3. The molecule has 4 rings (SSSR count). The van der Waals surface area contributed by atoms with E-state index in [1.54, 1.807) is 12.1 Å². The fourth-order valence-electron chi connectivity index (χ4n) is 4.31. The van der Waals surface area contributed by atoms with Crippen molar-refractivity contribution in [1.82, 2.24) is 14.2 Å². The van der Waals surface area contributed by atoms with Gasteiger partial charge in [0.25, 0.3) is 5.91 Å². The maximum Gasteiger partial charge on any atom is 0.257 e. The minimum atomic E-state index is -3.64. The number of morpholine rings is 1. The minimum absolute atomic E-state index is 0.157. The fraction of sp³-hybridized carbons (Fsp3) is 0.565. The first kappa shape index (κ1) is 24.3. The van der Waals surface area contributed by atoms with Crippen LogP contribution in [0.4, 0.5) is 5.13 Å². The van der Waals surface area contributed by atoms with E-state index in [0.717, 1.165) is 31.2 Å². The number of sulfonamides is 1. The van der Waals surface area contributed by atoms with E-state index in [1.165, 1.54) is 40.6 Å². The summed E-state index contributed by atoms with van der Waals surface area (Å²) < 4.78 is 33.1. The number of carbonyl (C=O) groups is 1. The van der Waals surface area contributed by atoms with E-state index < -0.39 is 10.0 Å². The van der Waals surface area contributed by atoms with Gasteiger partial charge < -0.3 is 4.74 Å². The number of ether oxygens (including phenoxy) is 1. The summed E-state index contributed by atoms with van der Waals surface area (Å²) in [7, 11) is -3.64. The Morgan fingerprint density at radius 2 is 1.76 bits per heavy atom. The maximum absolute atomic E-state index is 13.0. The monoisotopic (exact) mass is 492 g/mol.